The van der Waals surface area contributed by atoms with E-state index in [0.717, 1.165) is 25.7 Å². The van der Waals surface area contributed by atoms with Gasteiger partial charge in [0.25, 0.3) is 11.5 Å². The first-order valence-electron chi connectivity index (χ1n) is 8.44. The number of carbonyl (C=O) groups is 1. The smallest absolute Gasteiger partial charge is 0.330 e. The van der Waals surface area contributed by atoms with Gasteiger partial charge in [-0.05, 0) is 45.6 Å². The first-order valence-corrected chi connectivity index (χ1v) is 8.44. The Hall–Kier alpha value is -2.44. The number of H-pyrrole nitrogens is 1. The van der Waals surface area contributed by atoms with Crippen molar-refractivity contribution in [3.63, 3.8) is 0 Å². The van der Waals surface area contributed by atoms with E-state index in [1.807, 2.05) is 18.7 Å². The maximum Gasteiger partial charge on any atom is 0.330 e. The zero-order valence-electron chi connectivity index (χ0n) is 13.8. The second-order valence-electron chi connectivity index (χ2n) is 6.94. The molecule has 0 spiro atoms. The van der Waals surface area contributed by atoms with Crippen molar-refractivity contribution in [2.45, 2.75) is 57.7 Å². The lowest BCUT2D eigenvalue weighted by molar-refractivity contribution is 0.0692. The molecule has 0 aromatic carbocycles. The molecule has 1 N–H and O–H groups in total. The number of pyridine rings is 1. The number of hydrogen-bond donors (Lipinski definition) is 1. The van der Waals surface area contributed by atoms with E-state index >= 15 is 0 Å². The largest absolute Gasteiger partial charge is 0.333 e. The summed E-state index contributed by atoms with van der Waals surface area (Å²) in [5.74, 6) is -0.106. The third-order valence-corrected chi connectivity index (χ3v) is 5.12. The summed E-state index contributed by atoms with van der Waals surface area (Å²) in [5.41, 5.74) is -0.153. The molecule has 4 rings (SSSR count). The Morgan fingerprint density at radius 3 is 2.46 bits per heavy atom. The summed E-state index contributed by atoms with van der Waals surface area (Å²) in [6, 6.07) is 2.04. The number of carbonyl (C=O) groups excluding carboxylic acids is 1. The molecular formula is C17H20N4O3. The lowest BCUT2D eigenvalue weighted by atomic mass is 10.2. The average Bonchev–Trinajstić information content (AvgIpc) is 3.32. The molecule has 24 heavy (non-hydrogen) atoms. The van der Waals surface area contributed by atoms with Crippen LogP contribution in [0.1, 0.15) is 55.9 Å². The maximum absolute atomic E-state index is 12.8. The number of hydrogen-bond acceptors (Lipinski definition) is 4. The van der Waals surface area contributed by atoms with Gasteiger partial charge >= 0.3 is 5.69 Å². The fraction of sp³-hybridized carbons (Fsp3) is 0.529. The number of nitrogens with one attached hydrogen (secondary N) is 1. The normalized spacial score (nSPS) is 23.8. The summed E-state index contributed by atoms with van der Waals surface area (Å²) in [6.45, 7) is 4.07. The van der Waals surface area contributed by atoms with Crippen LogP contribution in [0.5, 0.6) is 0 Å². The van der Waals surface area contributed by atoms with Crippen molar-refractivity contribution in [1.29, 1.82) is 0 Å². The minimum absolute atomic E-state index is 0.101. The molecule has 1 saturated heterocycles. The minimum atomic E-state index is -0.489. The molecule has 2 aromatic rings. The Kier molecular flexibility index (Phi) is 3.33. The summed E-state index contributed by atoms with van der Waals surface area (Å²) < 4.78 is 1.53. The van der Waals surface area contributed by atoms with E-state index in [-0.39, 0.29) is 24.0 Å². The van der Waals surface area contributed by atoms with E-state index < -0.39 is 11.2 Å². The predicted octanol–water partition coefficient (Wildman–Crippen LogP) is 1.43. The Morgan fingerprint density at radius 1 is 1.17 bits per heavy atom. The lowest BCUT2D eigenvalue weighted by Crippen LogP contribution is -2.38. The third kappa shape index (κ3) is 2.26. The number of rotatable bonds is 2. The van der Waals surface area contributed by atoms with Gasteiger partial charge in [-0.1, -0.05) is 0 Å². The Bertz CT molecular complexity index is 931. The molecule has 1 aliphatic heterocycles. The number of aromatic nitrogens is 3. The summed E-state index contributed by atoms with van der Waals surface area (Å²) in [6.07, 6.45) is 5.27. The van der Waals surface area contributed by atoms with Crippen molar-refractivity contribution in [2.75, 3.05) is 0 Å². The van der Waals surface area contributed by atoms with Crippen LogP contribution in [-0.4, -0.2) is 37.4 Å². The second-order valence-corrected chi connectivity index (χ2v) is 6.94. The monoisotopic (exact) mass is 328 g/mol. The highest BCUT2D eigenvalue weighted by Crippen LogP contribution is 2.34. The van der Waals surface area contributed by atoms with Gasteiger partial charge in [-0.25, -0.2) is 9.78 Å². The standard InChI is InChI=1S/C17H20N4O3/c1-9-3-4-10(2)20(9)16(23)11-7-13-14(18-8-11)21(12-5-6-12)17(24)19-15(13)22/h7-10,12H,3-6H2,1-2H3,(H,19,22,24)/t9-,10-/m0/s1. The van der Waals surface area contributed by atoms with Crippen molar-refractivity contribution >= 4 is 16.9 Å². The molecule has 7 nitrogen and oxygen atoms in total. The number of fused-ring (bicyclic) bond motifs is 1. The van der Waals surface area contributed by atoms with Crippen LogP contribution in [0.3, 0.4) is 0 Å². The van der Waals surface area contributed by atoms with E-state index in [4.69, 9.17) is 0 Å². The van der Waals surface area contributed by atoms with Crippen molar-refractivity contribution in [1.82, 2.24) is 19.4 Å². The van der Waals surface area contributed by atoms with Crippen molar-refractivity contribution in [3.05, 3.63) is 38.7 Å². The number of nitrogens with zero attached hydrogens (tertiary/aromatic N) is 3. The van der Waals surface area contributed by atoms with Crippen LogP contribution in [0.4, 0.5) is 0 Å². The van der Waals surface area contributed by atoms with Gasteiger partial charge in [-0.2, -0.15) is 0 Å². The molecule has 0 unspecified atom stereocenters. The second kappa shape index (κ2) is 5.29. The number of likely N-dealkylation sites (tertiary alicyclic amines) is 1. The van der Waals surface area contributed by atoms with Gasteiger partial charge in [0.2, 0.25) is 0 Å². The van der Waals surface area contributed by atoms with Crippen LogP contribution in [0.25, 0.3) is 11.0 Å². The molecule has 2 atom stereocenters. The van der Waals surface area contributed by atoms with Crippen molar-refractivity contribution in [2.24, 2.45) is 0 Å². The fourth-order valence-corrected chi connectivity index (χ4v) is 3.67. The highest BCUT2D eigenvalue weighted by Gasteiger charge is 2.33. The predicted molar refractivity (Wildman–Crippen MR) is 89.2 cm³/mol. The van der Waals surface area contributed by atoms with Crippen LogP contribution in [0.15, 0.2) is 21.9 Å². The molecule has 2 aromatic heterocycles. The Morgan fingerprint density at radius 2 is 1.83 bits per heavy atom. The van der Waals surface area contributed by atoms with Crippen LogP contribution in [0, 0.1) is 0 Å². The van der Waals surface area contributed by atoms with E-state index in [1.165, 1.54) is 10.8 Å². The maximum atomic E-state index is 12.8. The van der Waals surface area contributed by atoms with Gasteiger partial charge in [-0.3, -0.25) is 19.1 Å². The zero-order valence-corrected chi connectivity index (χ0v) is 13.8. The highest BCUT2D eigenvalue weighted by atomic mass is 16.2. The first kappa shape index (κ1) is 15.1. The third-order valence-electron chi connectivity index (χ3n) is 5.12. The molecule has 7 heteroatoms. The van der Waals surface area contributed by atoms with E-state index in [9.17, 15) is 14.4 Å². The molecule has 0 bridgehead atoms. The quantitative estimate of drug-likeness (QED) is 0.903. The van der Waals surface area contributed by atoms with E-state index in [1.54, 1.807) is 6.07 Å². The van der Waals surface area contributed by atoms with Gasteiger partial charge in [0.1, 0.15) is 5.65 Å². The van der Waals surface area contributed by atoms with Crippen LogP contribution < -0.4 is 11.2 Å². The topological polar surface area (TPSA) is 88.1 Å². The zero-order chi connectivity index (χ0) is 17.0. The van der Waals surface area contributed by atoms with Gasteiger partial charge in [0, 0.05) is 24.3 Å². The summed E-state index contributed by atoms with van der Waals surface area (Å²) in [4.78, 5) is 45.6. The summed E-state index contributed by atoms with van der Waals surface area (Å²) in [5, 5.41) is 0.298. The molecule has 2 aliphatic rings. The SMILES string of the molecule is C[C@H]1CC[C@H](C)N1C(=O)c1cnc2c(c1)c(=O)[nH]c(=O)n2C1CC1. The first-order chi connectivity index (χ1) is 11.5. The molecular weight excluding hydrogens is 308 g/mol. The Balaban J connectivity index is 1.83. The summed E-state index contributed by atoms with van der Waals surface area (Å²) in [7, 11) is 0. The average molecular weight is 328 g/mol. The molecule has 1 amide bonds. The van der Waals surface area contributed by atoms with Crippen LogP contribution in [-0.2, 0) is 0 Å². The van der Waals surface area contributed by atoms with Crippen LogP contribution >= 0.6 is 0 Å². The van der Waals surface area contributed by atoms with Crippen molar-refractivity contribution < 1.29 is 4.79 Å². The van der Waals surface area contributed by atoms with E-state index in [2.05, 4.69) is 9.97 Å². The number of amides is 1. The molecule has 3 heterocycles. The van der Waals surface area contributed by atoms with Crippen LogP contribution in [0.2, 0.25) is 0 Å². The molecule has 126 valence electrons. The van der Waals surface area contributed by atoms with Gasteiger partial charge < -0.3 is 4.90 Å². The minimum Gasteiger partial charge on any atom is -0.333 e. The molecule has 2 fully saturated rings. The Labute approximate surface area is 138 Å². The lowest BCUT2D eigenvalue weighted by Gasteiger charge is -2.26. The molecule has 0 radical (unpaired) electrons. The molecule has 1 saturated carbocycles. The van der Waals surface area contributed by atoms with Crippen molar-refractivity contribution in [3.8, 4) is 0 Å². The summed E-state index contributed by atoms with van der Waals surface area (Å²) >= 11 is 0. The fourth-order valence-electron chi connectivity index (χ4n) is 3.67. The highest BCUT2D eigenvalue weighted by molar-refractivity contribution is 5.97. The van der Waals surface area contributed by atoms with Gasteiger partial charge in [0.05, 0.1) is 10.9 Å². The van der Waals surface area contributed by atoms with Gasteiger partial charge in [0.15, 0.2) is 0 Å². The van der Waals surface area contributed by atoms with Gasteiger partial charge in [-0.15, -0.1) is 0 Å². The molecule has 1 aliphatic carbocycles. The van der Waals surface area contributed by atoms with E-state index in [0.29, 0.717) is 16.6 Å². The number of aromatic amines is 1.